The van der Waals surface area contributed by atoms with Crippen LogP contribution in [-0.4, -0.2) is 11.0 Å². The number of nitrogens with one attached hydrogen (secondary N) is 1. The summed E-state index contributed by atoms with van der Waals surface area (Å²) >= 11 is 0. The number of para-hydroxylation sites is 1. The number of carbonyl (C=O) groups excluding carboxylic acids is 1. The molecule has 0 spiro atoms. The minimum Gasteiger partial charge on any atom is -0.507 e. The molecule has 0 fully saturated rings. The van der Waals surface area contributed by atoms with Gasteiger partial charge >= 0.3 is 0 Å². The van der Waals surface area contributed by atoms with Crippen molar-refractivity contribution < 1.29 is 14.6 Å². The predicted octanol–water partition coefficient (Wildman–Crippen LogP) is 5.73. The molecule has 0 atom stereocenters. The number of phenolic OH excluding ortho intramolecular Hbond substituents is 1. The van der Waals surface area contributed by atoms with Gasteiger partial charge in [-0.05, 0) is 59.5 Å². The molecule has 4 nitrogen and oxygen atoms in total. The van der Waals surface area contributed by atoms with Crippen molar-refractivity contribution in [3.05, 3.63) is 83.9 Å². The van der Waals surface area contributed by atoms with Crippen molar-refractivity contribution in [2.45, 2.75) is 26.2 Å². The van der Waals surface area contributed by atoms with E-state index in [0.29, 0.717) is 11.4 Å². The highest BCUT2D eigenvalue weighted by molar-refractivity contribution is 6.06. The van der Waals surface area contributed by atoms with E-state index in [1.54, 1.807) is 42.5 Å². The first-order chi connectivity index (χ1) is 12.8. The average Bonchev–Trinajstić information content (AvgIpc) is 2.63. The van der Waals surface area contributed by atoms with Gasteiger partial charge in [0.2, 0.25) is 0 Å². The number of benzene rings is 3. The topological polar surface area (TPSA) is 58.6 Å². The van der Waals surface area contributed by atoms with Crippen molar-refractivity contribution in [2.24, 2.45) is 0 Å². The normalized spacial score (nSPS) is 11.1. The minimum absolute atomic E-state index is 0.0475. The number of amides is 1. The Labute approximate surface area is 159 Å². The van der Waals surface area contributed by atoms with Crippen LogP contribution >= 0.6 is 0 Å². The molecule has 0 aliphatic carbocycles. The van der Waals surface area contributed by atoms with Crippen molar-refractivity contribution in [3.63, 3.8) is 0 Å². The summed E-state index contributed by atoms with van der Waals surface area (Å²) in [6.07, 6.45) is 0. The van der Waals surface area contributed by atoms with E-state index in [9.17, 15) is 9.90 Å². The molecule has 0 aliphatic rings. The summed E-state index contributed by atoms with van der Waals surface area (Å²) in [4.78, 5) is 12.2. The zero-order valence-electron chi connectivity index (χ0n) is 15.7. The van der Waals surface area contributed by atoms with Crippen LogP contribution < -0.4 is 10.1 Å². The van der Waals surface area contributed by atoms with Crippen molar-refractivity contribution >= 4 is 11.6 Å². The molecule has 3 aromatic rings. The van der Waals surface area contributed by atoms with Gasteiger partial charge in [-0.1, -0.05) is 45.0 Å². The van der Waals surface area contributed by atoms with Gasteiger partial charge in [0.05, 0.1) is 5.56 Å². The highest BCUT2D eigenvalue weighted by Crippen LogP contribution is 2.27. The smallest absolute Gasteiger partial charge is 0.259 e. The number of phenols is 1. The molecular formula is C23H23NO3. The number of hydrogen-bond donors (Lipinski definition) is 2. The highest BCUT2D eigenvalue weighted by atomic mass is 16.5. The molecule has 0 heterocycles. The molecular weight excluding hydrogens is 338 g/mol. The lowest BCUT2D eigenvalue weighted by Gasteiger charge is -2.19. The monoisotopic (exact) mass is 361 g/mol. The van der Waals surface area contributed by atoms with Crippen LogP contribution in [-0.2, 0) is 5.41 Å². The Hall–Kier alpha value is -3.27. The van der Waals surface area contributed by atoms with E-state index >= 15 is 0 Å². The van der Waals surface area contributed by atoms with Crippen LogP contribution in [0.25, 0.3) is 0 Å². The first-order valence-corrected chi connectivity index (χ1v) is 8.81. The van der Waals surface area contributed by atoms with E-state index in [1.165, 1.54) is 11.6 Å². The quantitative estimate of drug-likeness (QED) is 0.623. The predicted molar refractivity (Wildman–Crippen MR) is 108 cm³/mol. The van der Waals surface area contributed by atoms with E-state index in [0.717, 1.165) is 5.75 Å². The minimum atomic E-state index is -0.362. The van der Waals surface area contributed by atoms with E-state index in [-0.39, 0.29) is 22.6 Å². The lowest BCUT2D eigenvalue weighted by Crippen LogP contribution is -2.11. The van der Waals surface area contributed by atoms with Gasteiger partial charge in [0.25, 0.3) is 5.91 Å². The summed E-state index contributed by atoms with van der Waals surface area (Å²) in [5.74, 6) is 1.03. The maximum Gasteiger partial charge on any atom is 0.259 e. The standard InChI is InChI=1S/C23H23NO3/c1-23(2,3)16-8-12-18(13-9-16)27-19-14-10-17(11-15-19)24-22(26)20-6-4-5-7-21(20)25/h4-15,25H,1-3H3,(H,24,26). The number of rotatable bonds is 4. The van der Waals surface area contributed by atoms with E-state index < -0.39 is 0 Å². The second-order valence-electron chi connectivity index (χ2n) is 7.37. The lowest BCUT2D eigenvalue weighted by molar-refractivity contribution is 0.102. The van der Waals surface area contributed by atoms with Crippen molar-refractivity contribution in [3.8, 4) is 17.2 Å². The lowest BCUT2D eigenvalue weighted by atomic mass is 9.87. The largest absolute Gasteiger partial charge is 0.507 e. The van der Waals surface area contributed by atoms with Gasteiger partial charge in [0, 0.05) is 5.69 Å². The van der Waals surface area contributed by atoms with Crippen molar-refractivity contribution in [1.29, 1.82) is 0 Å². The molecule has 0 bridgehead atoms. The fourth-order valence-electron chi connectivity index (χ4n) is 2.63. The van der Waals surface area contributed by atoms with Crippen LogP contribution in [0.4, 0.5) is 5.69 Å². The maximum absolute atomic E-state index is 12.2. The van der Waals surface area contributed by atoms with Gasteiger partial charge in [-0.2, -0.15) is 0 Å². The maximum atomic E-state index is 12.2. The SMILES string of the molecule is CC(C)(C)c1ccc(Oc2ccc(NC(=O)c3ccccc3O)cc2)cc1. The van der Waals surface area contributed by atoms with E-state index in [1.807, 2.05) is 12.1 Å². The molecule has 0 aliphatic heterocycles. The molecule has 0 unspecified atom stereocenters. The molecule has 4 heteroatoms. The van der Waals surface area contributed by atoms with Crippen LogP contribution in [0, 0.1) is 0 Å². The second-order valence-corrected chi connectivity index (χ2v) is 7.37. The van der Waals surface area contributed by atoms with Gasteiger partial charge in [-0.3, -0.25) is 4.79 Å². The van der Waals surface area contributed by atoms with Gasteiger partial charge in [0.1, 0.15) is 17.2 Å². The molecule has 1 amide bonds. The first-order valence-electron chi connectivity index (χ1n) is 8.81. The Morgan fingerprint density at radius 1 is 0.852 bits per heavy atom. The fourth-order valence-corrected chi connectivity index (χ4v) is 2.63. The number of anilines is 1. The molecule has 3 rings (SSSR count). The van der Waals surface area contributed by atoms with E-state index in [2.05, 4.69) is 38.2 Å². The molecule has 0 saturated heterocycles. The number of aromatic hydroxyl groups is 1. The molecule has 27 heavy (non-hydrogen) atoms. The summed E-state index contributed by atoms with van der Waals surface area (Å²) in [5, 5.41) is 12.5. The third-order valence-electron chi connectivity index (χ3n) is 4.22. The Bertz CT molecular complexity index is 923. The zero-order chi connectivity index (χ0) is 19.4. The fraction of sp³-hybridized carbons (Fsp3) is 0.174. The van der Waals surface area contributed by atoms with Crippen LogP contribution in [0.1, 0.15) is 36.7 Å². The Balaban J connectivity index is 1.65. The number of ether oxygens (including phenoxy) is 1. The summed E-state index contributed by atoms with van der Waals surface area (Å²) in [7, 11) is 0. The molecule has 3 aromatic carbocycles. The van der Waals surface area contributed by atoms with Gasteiger partial charge in [0.15, 0.2) is 0 Å². The molecule has 0 radical (unpaired) electrons. The van der Waals surface area contributed by atoms with Gasteiger partial charge in [-0.25, -0.2) is 0 Å². The molecule has 2 N–H and O–H groups in total. The van der Waals surface area contributed by atoms with Crippen molar-refractivity contribution in [1.82, 2.24) is 0 Å². The number of carbonyl (C=O) groups is 1. The Morgan fingerprint density at radius 2 is 1.41 bits per heavy atom. The Kier molecular flexibility index (Phi) is 5.17. The third-order valence-corrected chi connectivity index (χ3v) is 4.22. The summed E-state index contributed by atoms with van der Waals surface area (Å²) < 4.78 is 5.86. The third kappa shape index (κ3) is 4.67. The molecule has 0 saturated carbocycles. The van der Waals surface area contributed by atoms with Gasteiger partial charge in [-0.15, -0.1) is 0 Å². The van der Waals surface area contributed by atoms with Crippen LogP contribution in [0.5, 0.6) is 17.2 Å². The van der Waals surface area contributed by atoms with Crippen LogP contribution in [0.2, 0.25) is 0 Å². The summed E-state index contributed by atoms with van der Waals surface area (Å²) in [5.41, 5.74) is 2.21. The van der Waals surface area contributed by atoms with Crippen LogP contribution in [0.3, 0.4) is 0 Å². The second kappa shape index (κ2) is 7.54. The Morgan fingerprint density at radius 3 is 1.96 bits per heavy atom. The van der Waals surface area contributed by atoms with Crippen LogP contribution in [0.15, 0.2) is 72.8 Å². The zero-order valence-corrected chi connectivity index (χ0v) is 15.7. The summed E-state index contributed by atoms with van der Waals surface area (Å²) in [6, 6.07) is 21.6. The molecule has 138 valence electrons. The van der Waals surface area contributed by atoms with Gasteiger partial charge < -0.3 is 15.2 Å². The first kappa shape index (κ1) is 18.5. The summed E-state index contributed by atoms with van der Waals surface area (Å²) in [6.45, 7) is 6.52. The average molecular weight is 361 g/mol. The highest BCUT2D eigenvalue weighted by Gasteiger charge is 2.13. The number of hydrogen-bond acceptors (Lipinski definition) is 3. The van der Waals surface area contributed by atoms with Crippen molar-refractivity contribution in [2.75, 3.05) is 5.32 Å². The molecule has 0 aromatic heterocycles. The van der Waals surface area contributed by atoms with E-state index in [4.69, 9.17) is 4.74 Å².